The standard InChI is InChI=1S/C14H11BrF2N2O2/c1-21-8-2-3-10(15)9(6-8)14(20)19-13-11(17)4-7(16)5-12(13)18/h2-6H,18H2,1H3,(H,19,20). The van der Waals surface area contributed by atoms with Crippen LogP contribution in [0, 0.1) is 11.6 Å². The van der Waals surface area contributed by atoms with E-state index in [-0.39, 0.29) is 16.9 Å². The van der Waals surface area contributed by atoms with E-state index in [9.17, 15) is 13.6 Å². The highest BCUT2D eigenvalue weighted by Gasteiger charge is 2.16. The lowest BCUT2D eigenvalue weighted by Crippen LogP contribution is -2.15. The van der Waals surface area contributed by atoms with Gasteiger partial charge in [0, 0.05) is 10.5 Å². The van der Waals surface area contributed by atoms with Crippen LogP contribution in [0.1, 0.15) is 10.4 Å². The zero-order valence-electron chi connectivity index (χ0n) is 10.9. The molecule has 110 valence electrons. The van der Waals surface area contributed by atoms with Crippen molar-refractivity contribution in [2.75, 3.05) is 18.2 Å². The predicted octanol–water partition coefficient (Wildman–Crippen LogP) is 3.57. The molecule has 0 heterocycles. The van der Waals surface area contributed by atoms with Crippen molar-refractivity contribution in [1.82, 2.24) is 0 Å². The number of nitrogen functional groups attached to an aromatic ring is 1. The lowest BCUT2D eigenvalue weighted by atomic mass is 10.2. The normalized spacial score (nSPS) is 10.3. The molecule has 0 saturated carbocycles. The minimum atomic E-state index is -0.945. The summed E-state index contributed by atoms with van der Waals surface area (Å²) in [4.78, 5) is 12.2. The largest absolute Gasteiger partial charge is 0.497 e. The molecule has 0 atom stereocenters. The number of amides is 1. The molecule has 4 nitrogen and oxygen atoms in total. The highest BCUT2D eigenvalue weighted by Crippen LogP contribution is 2.27. The summed E-state index contributed by atoms with van der Waals surface area (Å²) in [5.41, 5.74) is 5.28. The Bertz CT molecular complexity index is 684. The number of rotatable bonds is 3. The number of hydrogen-bond acceptors (Lipinski definition) is 3. The fourth-order valence-corrected chi connectivity index (χ4v) is 2.14. The molecule has 7 heteroatoms. The second-order valence-electron chi connectivity index (χ2n) is 4.15. The van der Waals surface area contributed by atoms with Crippen molar-refractivity contribution < 1.29 is 18.3 Å². The van der Waals surface area contributed by atoms with Gasteiger partial charge in [-0.15, -0.1) is 0 Å². The summed E-state index contributed by atoms with van der Waals surface area (Å²) in [6.07, 6.45) is 0. The molecule has 2 aromatic rings. The maximum atomic E-state index is 13.7. The molecule has 0 bridgehead atoms. The average molecular weight is 357 g/mol. The first kappa shape index (κ1) is 15.2. The third-order valence-electron chi connectivity index (χ3n) is 2.74. The van der Waals surface area contributed by atoms with E-state index in [0.717, 1.165) is 6.07 Å². The molecule has 3 N–H and O–H groups in total. The van der Waals surface area contributed by atoms with E-state index in [1.807, 2.05) is 0 Å². The first-order valence-electron chi connectivity index (χ1n) is 5.81. The fourth-order valence-electron chi connectivity index (χ4n) is 1.71. The van der Waals surface area contributed by atoms with Crippen molar-refractivity contribution >= 4 is 33.2 Å². The van der Waals surface area contributed by atoms with E-state index < -0.39 is 17.5 Å². The van der Waals surface area contributed by atoms with Crippen LogP contribution in [0.5, 0.6) is 5.75 Å². The van der Waals surface area contributed by atoms with Crippen LogP contribution < -0.4 is 15.8 Å². The summed E-state index contributed by atoms with van der Waals surface area (Å²) in [5, 5.41) is 2.32. The van der Waals surface area contributed by atoms with Crippen LogP contribution in [0.2, 0.25) is 0 Å². The molecule has 0 saturated heterocycles. The highest BCUT2D eigenvalue weighted by atomic mass is 79.9. The second-order valence-corrected chi connectivity index (χ2v) is 5.01. The Labute approximate surface area is 128 Å². The summed E-state index contributed by atoms with van der Waals surface area (Å²) in [5.74, 6) is -1.89. The van der Waals surface area contributed by atoms with Crippen molar-refractivity contribution in [3.8, 4) is 5.75 Å². The van der Waals surface area contributed by atoms with E-state index in [0.29, 0.717) is 16.3 Å². The minimum Gasteiger partial charge on any atom is -0.497 e. The molecule has 0 aliphatic carbocycles. The predicted molar refractivity (Wildman–Crippen MR) is 79.4 cm³/mol. The van der Waals surface area contributed by atoms with Gasteiger partial charge in [-0.3, -0.25) is 4.79 Å². The maximum absolute atomic E-state index is 13.7. The Morgan fingerprint density at radius 2 is 2.00 bits per heavy atom. The Morgan fingerprint density at radius 3 is 2.62 bits per heavy atom. The summed E-state index contributed by atoms with van der Waals surface area (Å²) in [6.45, 7) is 0. The molecular weight excluding hydrogens is 346 g/mol. The molecule has 2 aromatic carbocycles. The Hall–Kier alpha value is -2.15. The smallest absolute Gasteiger partial charge is 0.257 e. The van der Waals surface area contributed by atoms with Crippen molar-refractivity contribution in [3.63, 3.8) is 0 Å². The van der Waals surface area contributed by atoms with Gasteiger partial charge in [-0.1, -0.05) is 0 Å². The topological polar surface area (TPSA) is 64.3 Å². The third-order valence-corrected chi connectivity index (χ3v) is 3.43. The first-order chi connectivity index (χ1) is 9.92. The van der Waals surface area contributed by atoms with Gasteiger partial charge >= 0.3 is 0 Å². The number of hydrogen-bond donors (Lipinski definition) is 2. The molecule has 2 rings (SSSR count). The molecule has 0 aromatic heterocycles. The van der Waals surface area contributed by atoms with Gasteiger partial charge in [0.1, 0.15) is 17.3 Å². The zero-order valence-corrected chi connectivity index (χ0v) is 12.5. The lowest BCUT2D eigenvalue weighted by molar-refractivity contribution is 0.102. The fraction of sp³-hybridized carbons (Fsp3) is 0.0714. The number of nitrogens with one attached hydrogen (secondary N) is 1. The van der Waals surface area contributed by atoms with Gasteiger partial charge in [0.25, 0.3) is 5.91 Å². The lowest BCUT2D eigenvalue weighted by Gasteiger charge is -2.11. The summed E-state index contributed by atoms with van der Waals surface area (Å²) in [7, 11) is 1.46. The summed E-state index contributed by atoms with van der Waals surface area (Å²) < 4.78 is 32.2. The number of benzene rings is 2. The van der Waals surface area contributed by atoms with Crippen molar-refractivity contribution in [1.29, 1.82) is 0 Å². The number of nitrogens with two attached hydrogens (primary N) is 1. The maximum Gasteiger partial charge on any atom is 0.257 e. The summed E-state index contributed by atoms with van der Waals surface area (Å²) >= 11 is 3.22. The van der Waals surface area contributed by atoms with E-state index >= 15 is 0 Å². The number of halogens is 3. The van der Waals surface area contributed by atoms with Gasteiger partial charge in [-0.2, -0.15) is 0 Å². The van der Waals surface area contributed by atoms with Crippen molar-refractivity contribution in [3.05, 3.63) is 52.0 Å². The van der Waals surface area contributed by atoms with E-state index in [1.165, 1.54) is 13.2 Å². The molecule has 1 amide bonds. The molecule has 0 spiro atoms. The average Bonchev–Trinajstić information content (AvgIpc) is 2.43. The van der Waals surface area contributed by atoms with Crippen LogP contribution in [0.4, 0.5) is 20.2 Å². The van der Waals surface area contributed by atoms with Crippen LogP contribution in [-0.2, 0) is 0 Å². The Balaban J connectivity index is 2.35. The SMILES string of the molecule is COc1ccc(Br)c(C(=O)Nc2c(N)cc(F)cc2F)c1. The Kier molecular flexibility index (Phi) is 4.42. The van der Waals surface area contributed by atoms with Crippen LogP contribution >= 0.6 is 15.9 Å². The quantitative estimate of drug-likeness (QED) is 0.826. The van der Waals surface area contributed by atoms with Gasteiger partial charge < -0.3 is 15.8 Å². The highest BCUT2D eigenvalue weighted by molar-refractivity contribution is 9.10. The van der Waals surface area contributed by atoms with Gasteiger partial charge in [0.2, 0.25) is 0 Å². The van der Waals surface area contributed by atoms with Crippen LogP contribution in [-0.4, -0.2) is 13.0 Å². The number of ether oxygens (including phenoxy) is 1. The Morgan fingerprint density at radius 1 is 1.29 bits per heavy atom. The molecule has 0 unspecified atom stereocenters. The first-order valence-corrected chi connectivity index (χ1v) is 6.61. The van der Waals surface area contributed by atoms with E-state index in [2.05, 4.69) is 21.2 Å². The molecule has 0 radical (unpaired) electrons. The van der Waals surface area contributed by atoms with Crippen molar-refractivity contribution in [2.45, 2.75) is 0 Å². The number of anilines is 2. The summed E-state index contributed by atoms with van der Waals surface area (Å²) in [6, 6.07) is 6.34. The van der Waals surface area contributed by atoms with Crippen LogP contribution in [0.25, 0.3) is 0 Å². The molecule has 0 aliphatic heterocycles. The minimum absolute atomic E-state index is 0.195. The number of methoxy groups -OCH3 is 1. The molecular formula is C14H11BrF2N2O2. The van der Waals surface area contributed by atoms with Gasteiger partial charge in [-0.05, 0) is 40.2 Å². The van der Waals surface area contributed by atoms with Crippen LogP contribution in [0.3, 0.4) is 0 Å². The van der Waals surface area contributed by atoms with E-state index in [4.69, 9.17) is 10.5 Å². The molecule has 0 aliphatic rings. The third kappa shape index (κ3) is 3.30. The molecule has 21 heavy (non-hydrogen) atoms. The number of carbonyl (C=O) groups excluding carboxylic acids is 1. The monoisotopic (exact) mass is 356 g/mol. The van der Waals surface area contributed by atoms with E-state index in [1.54, 1.807) is 12.1 Å². The van der Waals surface area contributed by atoms with Gasteiger partial charge in [0.05, 0.1) is 18.4 Å². The zero-order chi connectivity index (χ0) is 15.6. The number of carbonyl (C=O) groups is 1. The van der Waals surface area contributed by atoms with Gasteiger partial charge in [0.15, 0.2) is 5.82 Å². The van der Waals surface area contributed by atoms with Crippen LogP contribution in [0.15, 0.2) is 34.8 Å². The van der Waals surface area contributed by atoms with Gasteiger partial charge in [-0.25, -0.2) is 8.78 Å². The second kappa shape index (κ2) is 6.09. The molecule has 0 fully saturated rings. The van der Waals surface area contributed by atoms with Crippen molar-refractivity contribution in [2.24, 2.45) is 0 Å².